The quantitative estimate of drug-likeness (QED) is 0.528. The van der Waals surface area contributed by atoms with Crippen LogP contribution in [0.1, 0.15) is 19.4 Å². The van der Waals surface area contributed by atoms with E-state index in [1.807, 2.05) is 0 Å². The second kappa shape index (κ2) is 9.04. The highest BCUT2D eigenvalue weighted by Crippen LogP contribution is 2.69. The Balaban J connectivity index is 2.43. The lowest BCUT2D eigenvalue weighted by atomic mass is 10.2. The molecule has 0 aliphatic heterocycles. The summed E-state index contributed by atoms with van der Waals surface area (Å²) >= 11 is 12.7. The van der Waals surface area contributed by atoms with Crippen LogP contribution >= 0.6 is 43.4 Å². The minimum absolute atomic E-state index is 0.721. The summed E-state index contributed by atoms with van der Waals surface area (Å²) in [5, 5.41) is 0. The van der Waals surface area contributed by atoms with Crippen LogP contribution in [0.25, 0.3) is 0 Å². The Morgan fingerprint density at radius 3 is 2.22 bits per heavy atom. The smallest absolute Gasteiger partial charge is 0.174 e. The number of hydrogen-bond donors (Lipinski definition) is 0. The third-order valence-electron chi connectivity index (χ3n) is 2.13. The molecular weight excluding hydrogens is 367 g/mol. The van der Waals surface area contributed by atoms with E-state index in [1.165, 1.54) is 5.56 Å². The van der Waals surface area contributed by atoms with Gasteiger partial charge in [-0.25, -0.2) is 0 Å². The zero-order chi connectivity index (χ0) is 13.4. The first-order valence-electron chi connectivity index (χ1n) is 5.87. The van der Waals surface area contributed by atoms with E-state index in [-0.39, 0.29) is 0 Å². The highest BCUT2D eigenvalue weighted by Gasteiger charge is 2.17. The predicted molar refractivity (Wildman–Crippen MR) is 94.3 cm³/mol. The van der Waals surface area contributed by atoms with Crippen LogP contribution in [0.3, 0.4) is 0 Å². The van der Waals surface area contributed by atoms with Crippen molar-refractivity contribution in [3.05, 3.63) is 34.3 Å². The lowest BCUT2D eigenvalue weighted by Crippen LogP contribution is -1.95. The molecule has 1 aromatic carbocycles. The summed E-state index contributed by atoms with van der Waals surface area (Å²) < 4.78 is 5.39. The molecule has 0 spiro atoms. The van der Waals surface area contributed by atoms with Crippen molar-refractivity contribution in [2.24, 2.45) is 0 Å². The Bertz CT molecular complexity index is 387. The monoisotopic (exact) mass is 384 g/mol. The molecule has 0 heterocycles. The lowest BCUT2D eigenvalue weighted by molar-refractivity contribution is 0.371. The first-order chi connectivity index (χ1) is 8.59. The fourth-order valence-electron chi connectivity index (χ4n) is 1.35. The average molecular weight is 385 g/mol. The van der Waals surface area contributed by atoms with Gasteiger partial charge in [-0.1, -0.05) is 64.7 Å². The van der Waals surface area contributed by atoms with E-state index < -0.39 is 4.67 Å². The van der Waals surface area contributed by atoms with Crippen molar-refractivity contribution >= 4 is 55.2 Å². The molecule has 1 aromatic rings. The molecular formula is C12H18BrOPS3. The van der Waals surface area contributed by atoms with Gasteiger partial charge < -0.3 is 4.52 Å². The van der Waals surface area contributed by atoms with Gasteiger partial charge in [0.2, 0.25) is 0 Å². The third kappa shape index (κ3) is 6.44. The second-order valence-electron chi connectivity index (χ2n) is 3.49. The van der Waals surface area contributed by atoms with Crippen molar-refractivity contribution in [3.8, 4) is 0 Å². The van der Waals surface area contributed by atoms with Gasteiger partial charge in [-0.2, -0.15) is 0 Å². The fourth-order valence-corrected chi connectivity index (χ4v) is 10.5. The van der Waals surface area contributed by atoms with E-state index >= 15 is 0 Å². The van der Waals surface area contributed by atoms with Crippen LogP contribution in [-0.4, -0.2) is 18.1 Å². The van der Waals surface area contributed by atoms with Gasteiger partial charge in [0, 0.05) is 4.47 Å². The van der Waals surface area contributed by atoms with Crippen molar-refractivity contribution in [2.75, 3.05) is 18.1 Å². The van der Waals surface area contributed by atoms with E-state index in [0.29, 0.717) is 0 Å². The molecule has 0 aliphatic rings. The molecule has 0 bridgehead atoms. The second-order valence-corrected chi connectivity index (χ2v) is 15.5. The van der Waals surface area contributed by atoms with E-state index in [0.717, 1.165) is 29.0 Å². The molecule has 6 heteroatoms. The first kappa shape index (κ1) is 17.1. The molecule has 0 aliphatic carbocycles. The van der Waals surface area contributed by atoms with E-state index in [1.54, 1.807) is 22.8 Å². The molecule has 0 saturated carbocycles. The van der Waals surface area contributed by atoms with Gasteiger partial charge in [0.25, 0.3) is 0 Å². The molecule has 18 heavy (non-hydrogen) atoms. The molecule has 0 atom stereocenters. The first-order valence-corrected chi connectivity index (χ1v) is 12.6. The van der Waals surface area contributed by atoms with Crippen LogP contribution in [-0.2, 0) is 22.8 Å². The summed E-state index contributed by atoms with van der Waals surface area (Å²) in [6.07, 6.45) is 0.931. The largest absolute Gasteiger partial charge is 0.334 e. The summed E-state index contributed by atoms with van der Waals surface area (Å²) in [6, 6.07) is 8.37. The number of halogens is 1. The highest BCUT2D eigenvalue weighted by atomic mass is 79.9. The van der Waals surface area contributed by atoms with Gasteiger partial charge in [0.05, 0.1) is 6.61 Å². The molecule has 0 aromatic heterocycles. The highest BCUT2D eigenvalue weighted by molar-refractivity contribution is 9.10. The Morgan fingerprint density at radius 2 is 1.72 bits per heavy atom. The normalized spacial score (nSPS) is 11.7. The number of hydrogen-bond acceptors (Lipinski definition) is 4. The Morgan fingerprint density at radius 1 is 1.17 bits per heavy atom. The van der Waals surface area contributed by atoms with E-state index in [4.69, 9.17) is 16.3 Å². The number of rotatable bonds is 8. The lowest BCUT2D eigenvalue weighted by Gasteiger charge is -2.19. The summed E-state index contributed by atoms with van der Waals surface area (Å²) in [5.41, 5.74) is 1.29. The fraction of sp³-hybridized carbons (Fsp3) is 0.500. The molecule has 0 saturated heterocycles. The molecule has 0 unspecified atom stereocenters. The maximum atomic E-state index is 5.98. The molecule has 0 fully saturated rings. The SMILES string of the molecule is CCSP(=S)(OCCc1ccc(Br)cc1)SCC. The summed E-state index contributed by atoms with van der Waals surface area (Å²) in [4.78, 5) is 0. The van der Waals surface area contributed by atoms with Crippen LogP contribution in [0, 0.1) is 0 Å². The molecule has 1 rings (SSSR count). The average Bonchev–Trinajstić information content (AvgIpc) is 2.32. The van der Waals surface area contributed by atoms with Crippen molar-refractivity contribution in [1.82, 2.24) is 0 Å². The molecule has 0 radical (unpaired) electrons. The number of benzene rings is 1. The molecule has 0 amide bonds. The zero-order valence-electron chi connectivity index (χ0n) is 10.6. The van der Waals surface area contributed by atoms with E-state index in [9.17, 15) is 0 Å². The van der Waals surface area contributed by atoms with Crippen LogP contribution in [0.4, 0.5) is 0 Å². The third-order valence-corrected chi connectivity index (χ3v) is 12.5. The van der Waals surface area contributed by atoms with Crippen molar-refractivity contribution < 1.29 is 4.52 Å². The van der Waals surface area contributed by atoms with Crippen molar-refractivity contribution in [3.63, 3.8) is 0 Å². The Kier molecular flexibility index (Phi) is 8.57. The summed E-state index contributed by atoms with van der Waals surface area (Å²) in [5.74, 6) is 2.06. The van der Waals surface area contributed by atoms with Crippen LogP contribution in [0.2, 0.25) is 0 Å². The molecule has 102 valence electrons. The molecule has 0 N–H and O–H groups in total. The van der Waals surface area contributed by atoms with Crippen molar-refractivity contribution in [2.45, 2.75) is 20.3 Å². The van der Waals surface area contributed by atoms with E-state index in [2.05, 4.69) is 54.0 Å². The van der Waals surface area contributed by atoms with Crippen LogP contribution in [0.5, 0.6) is 0 Å². The van der Waals surface area contributed by atoms with Crippen molar-refractivity contribution in [1.29, 1.82) is 0 Å². The predicted octanol–water partition coefficient (Wildman–Crippen LogP) is 5.74. The maximum Gasteiger partial charge on any atom is 0.174 e. The van der Waals surface area contributed by atoms with Crippen LogP contribution in [0.15, 0.2) is 28.7 Å². The molecule has 1 nitrogen and oxygen atoms in total. The topological polar surface area (TPSA) is 9.23 Å². The van der Waals surface area contributed by atoms with Gasteiger partial charge in [-0.05, 0) is 47.4 Å². The van der Waals surface area contributed by atoms with Gasteiger partial charge in [-0.3, -0.25) is 0 Å². The van der Waals surface area contributed by atoms with Gasteiger partial charge in [-0.15, -0.1) is 0 Å². The summed E-state index contributed by atoms with van der Waals surface area (Å²) in [7, 11) is 0. The minimum Gasteiger partial charge on any atom is -0.334 e. The van der Waals surface area contributed by atoms with Crippen LogP contribution < -0.4 is 0 Å². The minimum atomic E-state index is -1.71. The Labute approximate surface area is 132 Å². The Hall–Kier alpha value is 1.01. The van der Waals surface area contributed by atoms with Gasteiger partial charge >= 0.3 is 0 Å². The zero-order valence-corrected chi connectivity index (χ0v) is 15.5. The standard InChI is InChI=1S/C12H18BrOPS3/c1-3-17-15(16,18-4-2)14-10-9-11-5-7-12(13)8-6-11/h5-8H,3-4,9-10H2,1-2H3. The van der Waals surface area contributed by atoms with Gasteiger partial charge in [0.15, 0.2) is 4.67 Å². The maximum absolute atomic E-state index is 5.98. The van der Waals surface area contributed by atoms with Gasteiger partial charge in [0.1, 0.15) is 0 Å². The summed E-state index contributed by atoms with van der Waals surface area (Å²) in [6.45, 7) is 5.00.